The van der Waals surface area contributed by atoms with Crippen molar-refractivity contribution >= 4 is 23.4 Å². The minimum Gasteiger partial charge on any atom is -0.497 e. The van der Waals surface area contributed by atoms with Crippen LogP contribution in [0.2, 0.25) is 0 Å². The van der Waals surface area contributed by atoms with Gasteiger partial charge in [0.05, 0.1) is 7.11 Å². The Morgan fingerprint density at radius 3 is 2.29 bits per heavy atom. The first-order valence-corrected chi connectivity index (χ1v) is 11.4. The van der Waals surface area contributed by atoms with E-state index in [9.17, 15) is 9.59 Å². The number of carbonyl (C=O) groups is 2. The molecule has 6 heteroatoms. The van der Waals surface area contributed by atoms with Gasteiger partial charge in [-0.15, -0.1) is 11.6 Å². The summed E-state index contributed by atoms with van der Waals surface area (Å²) in [5, 5.41) is 3.19. The van der Waals surface area contributed by atoms with Crippen LogP contribution in [0.5, 0.6) is 5.75 Å². The van der Waals surface area contributed by atoms with Gasteiger partial charge in [-0.1, -0.05) is 61.2 Å². The third-order valence-electron chi connectivity index (χ3n) is 5.85. The third kappa shape index (κ3) is 6.23. The zero-order chi connectivity index (χ0) is 22.2. The zero-order valence-electron chi connectivity index (χ0n) is 18.3. The molecule has 0 unspecified atom stereocenters. The van der Waals surface area contributed by atoms with Crippen molar-refractivity contribution in [1.29, 1.82) is 0 Å². The SMILES string of the molecule is COc1ccc([C@@H](C(=O)NC2CCCCC2)N(Cc2ccc(C)cc2)C(=O)CCl)cc1. The van der Waals surface area contributed by atoms with Gasteiger partial charge in [0.1, 0.15) is 17.7 Å². The van der Waals surface area contributed by atoms with Gasteiger partial charge in [-0.25, -0.2) is 0 Å². The maximum atomic E-state index is 13.5. The molecule has 1 fully saturated rings. The summed E-state index contributed by atoms with van der Waals surface area (Å²) >= 11 is 5.97. The van der Waals surface area contributed by atoms with Gasteiger partial charge < -0.3 is 15.0 Å². The van der Waals surface area contributed by atoms with Crippen molar-refractivity contribution in [1.82, 2.24) is 10.2 Å². The summed E-state index contributed by atoms with van der Waals surface area (Å²) in [7, 11) is 1.60. The van der Waals surface area contributed by atoms with Gasteiger partial charge in [0, 0.05) is 12.6 Å². The van der Waals surface area contributed by atoms with E-state index in [0.717, 1.165) is 42.4 Å². The molecule has 31 heavy (non-hydrogen) atoms. The molecule has 1 saturated carbocycles. The van der Waals surface area contributed by atoms with E-state index in [0.29, 0.717) is 12.3 Å². The Kier molecular flexibility index (Phi) is 8.35. The fourth-order valence-electron chi connectivity index (χ4n) is 4.08. The Balaban J connectivity index is 1.93. The Morgan fingerprint density at radius 1 is 1.06 bits per heavy atom. The molecule has 1 aliphatic rings. The van der Waals surface area contributed by atoms with Crippen LogP contribution in [0.15, 0.2) is 48.5 Å². The van der Waals surface area contributed by atoms with Crippen molar-refractivity contribution in [3.8, 4) is 5.75 Å². The average Bonchev–Trinajstić information content (AvgIpc) is 2.80. The molecule has 2 amide bonds. The predicted octanol–water partition coefficient (Wildman–Crippen LogP) is 4.76. The Morgan fingerprint density at radius 2 is 1.71 bits per heavy atom. The summed E-state index contributed by atoms with van der Waals surface area (Å²) < 4.78 is 5.26. The van der Waals surface area contributed by atoms with E-state index < -0.39 is 6.04 Å². The molecule has 0 bridgehead atoms. The fraction of sp³-hybridized carbons (Fsp3) is 0.440. The van der Waals surface area contributed by atoms with Crippen LogP contribution in [0.25, 0.3) is 0 Å². The molecule has 2 aromatic rings. The maximum Gasteiger partial charge on any atom is 0.247 e. The first-order chi connectivity index (χ1) is 15.0. The number of alkyl halides is 1. The van der Waals surface area contributed by atoms with Crippen molar-refractivity contribution in [3.63, 3.8) is 0 Å². The van der Waals surface area contributed by atoms with Crippen molar-refractivity contribution in [2.24, 2.45) is 0 Å². The zero-order valence-corrected chi connectivity index (χ0v) is 19.0. The number of amides is 2. The molecule has 0 radical (unpaired) electrons. The van der Waals surface area contributed by atoms with Crippen LogP contribution in [0.3, 0.4) is 0 Å². The average molecular weight is 443 g/mol. The second-order valence-electron chi connectivity index (χ2n) is 8.16. The number of carbonyl (C=O) groups excluding carboxylic acids is 2. The van der Waals surface area contributed by atoms with Crippen LogP contribution in [0, 0.1) is 6.92 Å². The first kappa shape index (κ1) is 23.1. The quantitative estimate of drug-likeness (QED) is 0.599. The summed E-state index contributed by atoms with van der Waals surface area (Å²) in [6, 6.07) is 14.7. The summed E-state index contributed by atoms with van der Waals surface area (Å²) in [5.41, 5.74) is 2.83. The van der Waals surface area contributed by atoms with Gasteiger partial charge in [0.2, 0.25) is 11.8 Å². The number of nitrogens with zero attached hydrogens (tertiary/aromatic N) is 1. The molecule has 0 spiro atoms. The summed E-state index contributed by atoms with van der Waals surface area (Å²) in [5.74, 6) is 0.0725. The van der Waals surface area contributed by atoms with E-state index in [1.807, 2.05) is 55.5 Å². The highest BCUT2D eigenvalue weighted by Crippen LogP contribution is 2.27. The van der Waals surface area contributed by atoms with Crippen LogP contribution < -0.4 is 10.1 Å². The monoisotopic (exact) mass is 442 g/mol. The van der Waals surface area contributed by atoms with Gasteiger partial charge in [-0.05, 0) is 43.0 Å². The maximum absolute atomic E-state index is 13.5. The summed E-state index contributed by atoms with van der Waals surface area (Å²) in [4.78, 5) is 28.0. The van der Waals surface area contributed by atoms with E-state index in [-0.39, 0.29) is 23.7 Å². The smallest absolute Gasteiger partial charge is 0.247 e. The van der Waals surface area contributed by atoms with Crippen LogP contribution in [-0.2, 0) is 16.1 Å². The molecule has 2 aromatic carbocycles. The van der Waals surface area contributed by atoms with Crippen LogP contribution in [-0.4, -0.2) is 35.7 Å². The van der Waals surface area contributed by atoms with Gasteiger partial charge in [-0.2, -0.15) is 0 Å². The normalized spacial score (nSPS) is 15.2. The lowest BCUT2D eigenvalue weighted by Crippen LogP contribution is -2.47. The predicted molar refractivity (Wildman–Crippen MR) is 123 cm³/mol. The van der Waals surface area contributed by atoms with Gasteiger partial charge >= 0.3 is 0 Å². The number of ether oxygens (including phenoxy) is 1. The number of hydrogen-bond donors (Lipinski definition) is 1. The number of nitrogens with one attached hydrogen (secondary N) is 1. The summed E-state index contributed by atoms with van der Waals surface area (Å²) in [6.45, 7) is 2.32. The summed E-state index contributed by atoms with van der Waals surface area (Å²) in [6.07, 6.45) is 5.39. The number of benzene rings is 2. The lowest BCUT2D eigenvalue weighted by molar-refractivity contribution is -0.140. The van der Waals surface area contributed by atoms with Crippen LogP contribution in [0.4, 0.5) is 0 Å². The standard InChI is InChI=1S/C25H31ClN2O3/c1-18-8-10-19(11-9-18)17-28(23(29)16-26)24(20-12-14-22(31-2)15-13-20)25(30)27-21-6-4-3-5-7-21/h8-15,21,24H,3-7,16-17H2,1-2H3,(H,27,30)/t24-/m0/s1. The molecule has 0 aromatic heterocycles. The largest absolute Gasteiger partial charge is 0.497 e. The molecular formula is C25H31ClN2O3. The van der Waals surface area contributed by atoms with E-state index in [1.54, 1.807) is 12.0 Å². The highest BCUT2D eigenvalue weighted by atomic mass is 35.5. The van der Waals surface area contributed by atoms with E-state index >= 15 is 0 Å². The van der Waals surface area contributed by atoms with Gasteiger partial charge in [-0.3, -0.25) is 9.59 Å². The second kappa shape index (κ2) is 11.2. The van der Waals surface area contributed by atoms with Crippen LogP contribution in [0.1, 0.15) is 54.8 Å². The number of rotatable bonds is 8. The molecule has 166 valence electrons. The number of aryl methyl sites for hydroxylation is 1. The highest BCUT2D eigenvalue weighted by molar-refractivity contribution is 6.27. The van der Waals surface area contributed by atoms with Crippen molar-refractivity contribution in [2.45, 2.75) is 57.7 Å². The van der Waals surface area contributed by atoms with Gasteiger partial charge in [0.15, 0.2) is 0 Å². The first-order valence-electron chi connectivity index (χ1n) is 10.9. The Hall–Kier alpha value is -2.53. The molecule has 1 aliphatic carbocycles. The molecule has 1 atom stereocenters. The van der Waals surface area contributed by atoms with Gasteiger partial charge in [0.25, 0.3) is 0 Å². The van der Waals surface area contributed by atoms with Crippen molar-refractivity contribution in [2.75, 3.05) is 13.0 Å². The lowest BCUT2D eigenvalue weighted by Gasteiger charge is -2.33. The molecule has 0 saturated heterocycles. The molecule has 0 heterocycles. The molecular weight excluding hydrogens is 412 g/mol. The molecule has 1 N–H and O–H groups in total. The molecule has 3 rings (SSSR count). The lowest BCUT2D eigenvalue weighted by atomic mass is 9.94. The molecule has 0 aliphatic heterocycles. The van der Waals surface area contributed by atoms with E-state index in [4.69, 9.17) is 16.3 Å². The van der Waals surface area contributed by atoms with E-state index in [2.05, 4.69) is 5.32 Å². The number of hydrogen-bond acceptors (Lipinski definition) is 3. The van der Waals surface area contributed by atoms with Crippen molar-refractivity contribution < 1.29 is 14.3 Å². The minimum atomic E-state index is -0.764. The van der Waals surface area contributed by atoms with Crippen LogP contribution >= 0.6 is 11.6 Å². The second-order valence-corrected chi connectivity index (χ2v) is 8.43. The number of methoxy groups -OCH3 is 1. The Bertz CT molecular complexity index is 861. The third-order valence-corrected chi connectivity index (χ3v) is 6.08. The molecule has 5 nitrogen and oxygen atoms in total. The topological polar surface area (TPSA) is 58.6 Å². The number of halogens is 1. The minimum absolute atomic E-state index is 0.148. The van der Waals surface area contributed by atoms with Crippen molar-refractivity contribution in [3.05, 3.63) is 65.2 Å². The fourth-order valence-corrected chi connectivity index (χ4v) is 4.23. The Labute approximate surface area is 189 Å². The van der Waals surface area contributed by atoms with E-state index in [1.165, 1.54) is 6.42 Å². The highest BCUT2D eigenvalue weighted by Gasteiger charge is 2.32.